The van der Waals surface area contributed by atoms with Crippen LogP contribution in [-0.2, 0) is 19.7 Å². The summed E-state index contributed by atoms with van der Waals surface area (Å²) >= 11 is 0. The number of benzene rings is 2. The van der Waals surface area contributed by atoms with Crippen LogP contribution < -0.4 is 24.8 Å². The number of methoxy groups -OCH3 is 3. The summed E-state index contributed by atoms with van der Waals surface area (Å²) in [6.07, 6.45) is 0. The van der Waals surface area contributed by atoms with Crippen molar-refractivity contribution in [3.8, 4) is 34.7 Å². The largest absolute Gasteiger partial charge is 0.493 e. The van der Waals surface area contributed by atoms with Gasteiger partial charge < -0.3 is 24.7 Å². The highest BCUT2D eigenvalue weighted by Gasteiger charge is 2.61. The molecule has 3 aromatic rings. The Bertz CT molecular complexity index is 1490. The van der Waals surface area contributed by atoms with Crippen LogP contribution >= 0.6 is 0 Å². The number of aromatic nitrogens is 2. The van der Waals surface area contributed by atoms with Gasteiger partial charge in [-0.05, 0) is 24.3 Å². The molecule has 3 N–H and O–H groups in total. The van der Waals surface area contributed by atoms with Crippen molar-refractivity contribution in [1.82, 2.24) is 10.2 Å². The highest BCUT2D eigenvalue weighted by molar-refractivity contribution is 6.16. The molecule has 1 amide bonds. The molecule has 0 radical (unpaired) electrons. The lowest BCUT2D eigenvalue weighted by Crippen LogP contribution is -2.47. The van der Waals surface area contributed by atoms with Gasteiger partial charge in [-0.2, -0.15) is 5.26 Å². The van der Waals surface area contributed by atoms with Crippen molar-refractivity contribution in [1.29, 1.82) is 5.26 Å². The number of anilines is 1. The molecule has 5 rings (SSSR count). The lowest BCUT2D eigenvalue weighted by Gasteiger charge is -2.32. The first kappa shape index (κ1) is 22.8. The van der Waals surface area contributed by atoms with Crippen LogP contribution in [0, 0.1) is 11.3 Å². The average Bonchev–Trinajstić information content (AvgIpc) is 3.42. The van der Waals surface area contributed by atoms with Crippen molar-refractivity contribution in [3.63, 3.8) is 0 Å². The molecule has 1 aromatic heterocycles. The van der Waals surface area contributed by atoms with Crippen LogP contribution in [0.3, 0.4) is 0 Å². The van der Waals surface area contributed by atoms with Crippen molar-refractivity contribution in [2.24, 2.45) is 5.73 Å². The van der Waals surface area contributed by atoms with E-state index in [-0.39, 0.29) is 23.9 Å². The van der Waals surface area contributed by atoms with E-state index in [1.807, 2.05) is 0 Å². The molecule has 2 aliphatic rings. The monoisotopic (exact) mass is 487 g/mol. The van der Waals surface area contributed by atoms with Gasteiger partial charge in [-0.25, -0.2) is 0 Å². The molecule has 0 saturated heterocycles. The van der Waals surface area contributed by atoms with Crippen LogP contribution in [0.25, 0.3) is 11.3 Å². The van der Waals surface area contributed by atoms with E-state index in [9.17, 15) is 14.9 Å². The number of amides is 1. The van der Waals surface area contributed by atoms with E-state index in [0.717, 1.165) is 0 Å². The highest BCUT2D eigenvalue weighted by Crippen LogP contribution is 2.57. The maximum Gasteiger partial charge on any atom is 0.325 e. The minimum atomic E-state index is -1.72. The molecule has 0 fully saturated rings. The number of nitriles is 1. The second-order valence-corrected chi connectivity index (χ2v) is 8.04. The topological polar surface area (TPSA) is 153 Å². The van der Waals surface area contributed by atoms with Crippen LogP contribution in [0.15, 0.2) is 53.9 Å². The summed E-state index contributed by atoms with van der Waals surface area (Å²) < 4.78 is 21.3. The SMILES string of the molecule is COC(=O)CN1C(=O)C2(C(C#N)=C(N)Oc3n[nH]c(-c4ccc(OC)c(OC)c4)c32)c2ccccc21. The van der Waals surface area contributed by atoms with Crippen molar-refractivity contribution in [2.75, 3.05) is 32.8 Å². The van der Waals surface area contributed by atoms with Gasteiger partial charge in [0.25, 0.3) is 0 Å². The van der Waals surface area contributed by atoms with Gasteiger partial charge in [-0.15, -0.1) is 5.10 Å². The van der Waals surface area contributed by atoms with E-state index in [1.54, 1.807) is 42.5 Å². The number of nitrogens with two attached hydrogens (primary N) is 1. The zero-order valence-corrected chi connectivity index (χ0v) is 19.6. The second kappa shape index (κ2) is 8.35. The number of carbonyl (C=O) groups excluding carboxylic acids is 2. The molecule has 0 aliphatic carbocycles. The molecule has 3 heterocycles. The molecule has 2 aromatic carbocycles. The van der Waals surface area contributed by atoms with E-state index in [4.69, 9.17) is 24.7 Å². The van der Waals surface area contributed by atoms with Gasteiger partial charge in [0.1, 0.15) is 23.6 Å². The third-order valence-corrected chi connectivity index (χ3v) is 6.40. The van der Waals surface area contributed by atoms with E-state index >= 15 is 0 Å². The molecule has 182 valence electrons. The first-order chi connectivity index (χ1) is 17.4. The molecular formula is C25H21N5O6. The lowest BCUT2D eigenvalue weighted by atomic mass is 9.68. The van der Waals surface area contributed by atoms with E-state index in [2.05, 4.69) is 16.3 Å². The van der Waals surface area contributed by atoms with E-state index in [0.29, 0.717) is 39.6 Å². The summed E-state index contributed by atoms with van der Waals surface area (Å²) in [7, 11) is 4.27. The molecule has 11 heteroatoms. The van der Waals surface area contributed by atoms with Crippen LogP contribution in [0.4, 0.5) is 5.69 Å². The number of ether oxygens (including phenoxy) is 4. The molecule has 0 bridgehead atoms. The smallest absolute Gasteiger partial charge is 0.325 e. The maximum atomic E-state index is 14.3. The van der Waals surface area contributed by atoms with Crippen LogP contribution in [-0.4, -0.2) is 49.9 Å². The van der Waals surface area contributed by atoms with Gasteiger partial charge >= 0.3 is 5.97 Å². The summed E-state index contributed by atoms with van der Waals surface area (Å²) in [5, 5.41) is 17.4. The number of fused-ring (bicyclic) bond motifs is 4. The van der Waals surface area contributed by atoms with Crippen molar-refractivity contribution >= 4 is 17.6 Å². The normalized spacial score (nSPS) is 17.8. The summed E-state index contributed by atoms with van der Waals surface area (Å²) in [5.74, 6) is -0.427. The number of esters is 1. The fraction of sp³-hybridized carbons (Fsp3) is 0.200. The molecule has 1 atom stereocenters. The average molecular weight is 487 g/mol. The first-order valence-electron chi connectivity index (χ1n) is 10.8. The number of carbonyl (C=O) groups is 2. The molecule has 2 aliphatic heterocycles. The van der Waals surface area contributed by atoms with Crippen molar-refractivity contribution < 1.29 is 28.5 Å². The minimum absolute atomic E-state index is 0.0411. The van der Waals surface area contributed by atoms with Gasteiger partial charge in [-0.1, -0.05) is 18.2 Å². The number of aromatic amines is 1. The first-order valence-corrected chi connectivity index (χ1v) is 10.8. The predicted octanol–water partition coefficient (Wildman–Crippen LogP) is 1.99. The molecule has 1 spiro atoms. The molecule has 1 unspecified atom stereocenters. The van der Waals surface area contributed by atoms with Crippen LogP contribution in [0.5, 0.6) is 17.4 Å². The quantitative estimate of drug-likeness (QED) is 0.514. The predicted molar refractivity (Wildman–Crippen MR) is 126 cm³/mol. The van der Waals surface area contributed by atoms with Crippen molar-refractivity contribution in [2.45, 2.75) is 5.41 Å². The third-order valence-electron chi connectivity index (χ3n) is 6.40. The lowest BCUT2D eigenvalue weighted by molar-refractivity contribution is -0.140. The summed E-state index contributed by atoms with van der Waals surface area (Å²) in [6, 6.07) is 14.1. The highest BCUT2D eigenvalue weighted by atomic mass is 16.5. The fourth-order valence-corrected chi connectivity index (χ4v) is 4.84. The number of nitrogens with zero attached hydrogens (tertiary/aromatic N) is 3. The Morgan fingerprint density at radius 2 is 1.94 bits per heavy atom. The molecular weight excluding hydrogens is 466 g/mol. The van der Waals surface area contributed by atoms with E-state index < -0.39 is 17.3 Å². The Hall–Kier alpha value is -4.98. The number of nitrogens with one attached hydrogen (secondary N) is 1. The number of H-pyrrole nitrogens is 1. The van der Waals surface area contributed by atoms with Gasteiger partial charge in [0.15, 0.2) is 11.5 Å². The summed E-state index contributed by atoms with van der Waals surface area (Å²) in [5.41, 5.74) is 6.55. The van der Waals surface area contributed by atoms with E-state index in [1.165, 1.54) is 26.2 Å². The maximum absolute atomic E-state index is 14.3. The Kier molecular flexibility index (Phi) is 5.29. The van der Waals surface area contributed by atoms with Gasteiger partial charge in [-0.3, -0.25) is 19.6 Å². The van der Waals surface area contributed by atoms with Crippen LogP contribution in [0.2, 0.25) is 0 Å². The Labute approximate surface area is 205 Å². The van der Waals surface area contributed by atoms with Gasteiger partial charge in [0.05, 0.1) is 32.6 Å². The standard InChI is InChI=1S/C25H21N5O6/c1-33-17-9-8-13(10-18(17)34-2)21-20-23(29-28-21)36-22(27)15(11-26)25(20)14-6-4-5-7-16(14)30(24(25)32)12-19(31)35-3/h4-10H,12,27H2,1-3H3,(H,28,29). The summed E-state index contributed by atoms with van der Waals surface area (Å²) in [4.78, 5) is 27.8. The van der Waals surface area contributed by atoms with Gasteiger partial charge in [0.2, 0.25) is 17.7 Å². The van der Waals surface area contributed by atoms with Gasteiger partial charge in [0, 0.05) is 16.8 Å². The molecule has 11 nitrogen and oxygen atoms in total. The zero-order valence-electron chi connectivity index (χ0n) is 19.6. The minimum Gasteiger partial charge on any atom is -0.493 e. The van der Waals surface area contributed by atoms with Crippen LogP contribution in [0.1, 0.15) is 11.1 Å². The third kappa shape index (κ3) is 2.94. The Balaban J connectivity index is 1.83. The number of hydrogen-bond donors (Lipinski definition) is 2. The number of rotatable bonds is 5. The Morgan fingerprint density at radius 1 is 1.19 bits per heavy atom. The Morgan fingerprint density at radius 3 is 2.64 bits per heavy atom. The molecule has 0 saturated carbocycles. The molecule has 36 heavy (non-hydrogen) atoms. The fourth-order valence-electron chi connectivity index (χ4n) is 4.84. The number of hydrogen-bond acceptors (Lipinski definition) is 9. The summed E-state index contributed by atoms with van der Waals surface area (Å²) in [6.45, 7) is -0.355. The number of para-hydroxylation sites is 1. The van der Waals surface area contributed by atoms with Crippen molar-refractivity contribution in [3.05, 3.63) is 65.0 Å². The second-order valence-electron chi connectivity index (χ2n) is 8.04. The zero-order chi connectivity index (χ0) is 25.6.